The van der Waals surface area contributed by atoms with Gasteiger partial charge in [0.2, 0.25) is 0 Å². The molecule has 4 heterocycles. The minimum atomic E-state index is -0.320. The third kappa shape index (κ3) is 1.94. The Morgan fingerprint density at radius 2 is 1.74 bits per heavy atom. The number of pyridine rings is 2. The Kier molecular flexibility index (Phi) is 2.43. The smallest absolute Gasteiger partial charge is 0.173 e. The molecule has 0 radical (unpaired) electrons. The molecule has 5 rings (SSSR count). The third-order valence-electron chi connectivity index (χ3n) is 4.44. The van der Waals surface area contributed by atoms with E-state index in [0.717, 1.165) is 17.8 Å². The van der Waals surface area contributed by atoms with E-state index >= 15 is 0 Å². The van der Waals surface area contributed by atoms with Crippen molar-refractivity contribution in [2.75, 3.05) is 0 Å². The van der Waals surface area contributed by atoms with E-state index < -0.39 is 0 Å². The van der Waals surface area contributed by atoms with Crippen molar-refractivity contribution in [2.45, 2.75) is 18.3 Å². The summed E-state index contributed by atoms with van der Waals surface area (Å²) in [6.45, 7) is 0. The van der Waals surface area contributed by atoms with E-state index in [-0.39, 0.29) is 23.5 Å². The molecule has 4 nitrogen and oxygen atoms in total. The van der Waals surface area contributed by atoms with Crippen LogP contribution in [0.4, 0.5) is 8.78 Å². The zero-order chi connectivity index (χ0) is 15.6. The maximum absolute atomic E-state index is 13.7. The summed E-state index contributed by atoms with van der Waals surface area (Å²) in [7, 11) is 0. The topological polar surface area (TPSA) is 34.6 Å². The Hall–Kier alpha value is -2.76. The summed E-state index contributed by atoms with van der Waals surface area (Å²) in [5.41, 5.74) is 2.76. The summed E-state index contributed by atoms with van der Waals surface area (Å²) in [5.74, 6) is -0.119. The highest BCUT2D eigenvalue weighted by atomic mass is 19.1. The van der Waals surface area contributed by atoms with E-state index in [0.29, 0.717) is 11.3 Å². The molecule has 0 saturated heterocycles. The van der Waals surface area contributed by atoms with Gasteiger partial charge in [0.25, 0.3) is 0 Å². The first-order valence-electron chi connectivity index (χ1n) is 7.46. The van der Waals surface area contributed by atoms with Gasteiger partial charge in [0.1, 0.15) is 11.5 Å². The zero-order valence-electron chi connectivity index (χ0n) is 12.0. The van der Waals surface area contributed by atoms with Crippen LogP contribution in [0, 0.1) is 11.6 Å². The van der Waals surface area contributed by atoms with Crippen molar-refractivity contribution in [1.82, 2.24) is 18.8 Å². The van der Waals surface area contributed by atoms with Gasteiger partial charge in [-0.2, -0.15) is 0 Å². The van der Waals surface area contributed by atoms with Crippen molar-refractivity contribution in [3.8, 4) is 0 Å². The number of aromatic nitrogens is 4. The number of imidazole rings is 2. The number of nitrogens with zero attached hydrogens (tertiary/aromatic N) is 4. The summed E-state index contributed by atoms with van der Waals surface area (Å²) in [4.78, 5) is 8.91. The molecule has 0 aromatic carbocycles. The molecular formula is C17H12F2N4. The minimum absolute atomic E-state index is 0.240. The monoisotopic (exact) mass is 310 g/mol. The molecule has 114 valence electrons. The number of hydrogen-bond acceptors (Lipinski definition) is 2. The Balaban J connectivity index is 1.50. The molecule has 1 saturated carbocycles. The predicted molar refractivity (Wildman–Crippen MR) is 80.4 cm³/mol. The van der Waals surface area contributed by atoms with Gasteiger partial charge in [-0.15, -0.1) is 0 Å². The predicted octanol–water partition coefficient (Wildman–Crippen LogP) is 3.53. The lowest BCUT2D eigenvalue weighted by atomic mass is 10.2. The van der Waals surface area contributed by atoms with E-state index in [4.69, 9.17) is 0 Å². The molecule has 23 heavy (non-hydrogen) atoms. The van der Waals surface area contributed by atoms with Gasteiger partial charge in [-0.05, 0) is 24.6 Å². The molecule has 1 fully saturated rings. The van der Waals surface area contributed by atoms with Crippen molar-refractivity contribution >= 4 is 11.3 Å². The Morgan fingerprint density at radius 3 is 2.57 bits per heavy atom. The van der Waals surface area contributed by atoms with Gasteiger partial charge in [-0.25, -0.2) is 18.7 Å². The first kappa shape index (κ1) is 12.8. The highest BCUT2D eigenvalue weighted by Gasteiger charge is 2.43. The fourth-order valence-electron chi connectivity index (χ4n) is 3.18. The molecule has 0 N–H and O–H groups in total. The van der Waals surface area contributed by atoms with Crippen molar-refractivity contribution in [1.29, 1.82) is 0 Å². The Bertz CT molecular complexity index is 1050. The van der Waals surface area contributed by atoms with Crippen molar-refractivity contribution in [2.24, 2.45) is 0 Å². The lowest BCUT2D eigenvalue weighted by Gasteiger charge is -1.91. The van der Waals surface area contributed by atoms with Crippen LogP contribution in [0.15, 0.2) is 49.1 Å². The Labute approximate surface area is 130 Å². The molecule has 0 amide bonds. The molecule has 1 aliphatic rings. The molecule has 6 heteroatoms. The minimum Gasteiger partial charge on any atom is -0.307 e. The van der Waals surface area contributed by atoms with Crippen LogP contribution in [0.1, 0.15) is 29.6 Å². The second-order valence-electron chi connectivity index (χ2n) is 5.98. The fraction of sp³-hybridized carbons (Fsp3) is 0.176. The van der Waals surface area contributed by atoms with Crippen molar-refractivity contribution < 1.29 is 8.78 Å². The second-order valence-corrected chi connectivity index (χ2v) is 5.98. The van der Waals surface area contributed by atoms with E-state index in [1.165, 1.54) is 18.2 Å². The molecule has 4 aromatic rings. The van der Waals surface area contributed by atoms with E-state index in [9.17, 15) is 8.78 Å². The second kappa shape index (κ2) is 4.38. The van der Waals surface area contributed by atoms with Crippen LogP contribution in [0.3, 0.4) is 0 Å². The van der Waals surface area contributed by atoms with Crippen LogP contribution < -0.4 is 0 Å². The van der Waals surface area contributed by atoms with Crippen LogP contribution in [0.2, 0.25) is 0 Å². The van der Waals surface area contributed by atoms with Gasteiger partial charge in [0.05, 0.1) is 11.4 Å². The van der Waals surface area contributed by atoms with E-state index in [2.05, 4.69) is 9.97 Å². The molecule has 2 unspecified atom stereocenters. The summed E-state index contributed by atoms with van der Waals surface area (Å²) in [5, 5.41) is 0. The van der Waals surface area contributed by atoms with E-state index in [1.54, 1.807) is 22.9 Å². The molecule has 4 aromatic heterocycles. The normalized spacial score (nSPS) is 20.4. The maximum atomic E-state index is 13.7. The van der Waals surface area contributed by atoms with E-state index in [1.807, 2.05) is 16.8 Å². The molecule has 0 spiro atoms. The largest absolute Gasteiger partial charge is 0.307 e. The summed E-state index contributed by atoms with van der Waals surface area (Å²) < 4.78 is 30.5. The number of rotatable bonds is 2. The fourth-order valence-corrected chi connectivity index (χ4v) is 3.18. The van der Waals surface area contributed by atoms with Crippen LogP contribution >= 0.6 is 0 Å². The highest BCUT2D eigenvalue weighted by Crippen LogP contribution is 2.53. The molecule has 2 atom stereocenters. The number of fused-ring (bicyclic) bond motifs is 2. The van der Waals surface area contributed by atoms with Crippen molar-refractivity contribution in [3.63, 3.8) is 0 Å². The first-order chi connectivity index (χ1) is 11.2. The molecular weight excluding hydrogens is 298 g/mol. The summed E-state index contributed by atoms with van der Waals surface area (Å²) >= 11 is 0. The van der Waals surface area contributed by atoms with Crippen LogP contribution in [0.5, 0.6) is 0 Å². The van der Waals surface area contributed by atoms with Gasteiger partial charge in [0, 0.05) is 42.7 Å². The lowest BCUT2D eigenvalue weighted by Crippen LogP contribution is -1.85. The molecule has 0 aliphatic heterocycles. The number of halogens is 2. The van der Waals surface area contributed by atoms with Gasteiger partial charge < -0.3 is 8.80 Å². The van der Waals surface area contributed by atoms with Crippen molar-refractivity contribution in [3.05, 3.63) is 72.1 Å². The lowest BCUT2D eigenvalue weighted by molar-refractivity contribution is 0.626. The van der Waals surface area contributed by atoms with Gasteiger partial charge in [-0.3, -0.25) is 0 Å². The standard InChI is InChI=1S/C17H12F2N4/c18-10-3-5-22-8-14(20-16(22)6-10)11-7-12(11)15-9-23-4-1-2-13(19)17(23)21-15/h1-6,8-9,11-12H,7H2. The zero-order valence-corrected chi connectivity index (χ0v) is 12.0. The van der Waals surface area contributed by atoms with Crippen LogP contribution in [-0.2, 0) is 0 Å². The quantitative estimate of drug-likeness (QED) is 0.567. The van der Waals surface area contributed by atoms with Gasteiger partial charge in [-0.1, -0.05) is 0 Å². The van der Waals surface area contributed by atoms with Gasteiger partial charge >= 0.3 is 0 Å². The maximum Gasteiger partial charge on any atom is 0.173 e. The van der Waals surface area contributed by atoms with Gasteiger partial charge in [0.15, 0.2) is 11.5 Å². The third-order valence-corrected chi connectivity index (χ3v) is 4.44. The average molecular weight is 310 g/mol. The van der Waals surface area contributed by atoms with Crippen LogP contribution in [-0.4, -0.2) is 18.8 Å². The Morgan fingerprint density at radius 1 is 0.957 bits per heavy atom. The highest BCUT2D eigenvalue weighted by molar-refractivity contribution is 5.46. The SMILES string of the molecule is Fc1ccn2cc(C3CC3c3cn4cccc(F)c4n3)nc2c1. The molecule has 0 bridgehead atoms. The summed E-state index contributed by atoms with van der Waals surface area (Å²) in [6.07, 6.45) is 8.19. The molecule has 1 aliphatic carbocycles. The average Bonchev–Trinajstić information content (AvgIpc) is 3.02. The van der Waals surface area contributed by atoms with Crippen LogP contribution in [0.25, 0.3) is 11.3 Å². The number of hydrogen-bond donors (Lipinski definition) is 0. The first-order valence-corrected chi connectivity index (χ1v) is 7.46. The summed E-state index contributed by atoms with van der Waals surface area (Å²) in [6, 6.07) is 5.90.